The van der Waals surface area contributed by atoms with Crippen molar-refractivity contribution in [2.24, 2.45) is 5.73 Å². The van der Waals surface area contributed by atoms with Crippen molar-refractivity contribution >= 4 is 22.8 Å². The Bertz CT molecular complexity index is 865. The number of amides is 2. The lowest BCUT2D eigenvalue weighted by Crippen LogP contribution is -2.46. The van der Waals surface area contributed by atoms with Crippen LogP contribution in [-0.4, -0.2) is 57.2 Å². The number of hydrogen-bond acceptors (Lipinski definition) is 5. The van der Waals surface area contributed by atoms with Gasteiger partial charge in [0.25, 0.3) is 5.91 Å². The fraction of sp³-hybridized carbons (Fsp3) is 0.600. The van der Waals surface area contributed by atoms with Crippen LogP contribution in [0.4, 0.5) is 0 Å². The summed E-state index contributed by atoms with van der Waals surface area (Å²) in [5.41, 5.74) is 7.53. The minimum absolute atomic E-state index is 0.0856. The molecule has 0 aliphatic carbocycles. The van der Waals surface area contributed by atoms with E-state index in [0.29, 0.717) is 5.56 Å². The molecule has 0 unspecified atom stereocenters. The third kappa shape index (κ3) is 4.32. The number of hydrogen-bond donors (Lipinski definition) is 2. The molecule has 8 heteroatoms. The van der Waals surface area contributed by atoms with Gasteiger partial charge in [0, 0.05) is 30.9 Å². The molecule has 3 rings (SSSR count). The van der Waals surface area contributed by atoms with Crippen molar-refractivity contribution in [2.45, 2.75) is 58.5 Å². The largest absolute Gasteiger partial charge is 0.369 e. The monoisotopic (exact) mass is 386 g/mol. The normalized spacial score (nSPS) is 16.2. The summed E-state index contributed by atoms with van der Waals surface area (Å²) in [6.07, 6.45) is 3.34. The van der Waals surface area contributed by atoms with Gasteiger partial charge in [-0.2, -0.15) is 5.10 Å². The van der Waals surface area contributed by atoms with Gasteiger partial charge in [0.05, 0.1) is 23.7 Å². The average Bonchev–Trinajstić information content (AvgIpc) is 3.06. The molecule has 1 saturated heterocycles. The molecular formula is C20H30N6O2. The predicted octanol–water partition coefficient (Wildman–Crippen LogP) is 1.82. The van der Waals surface area contributed by atoms with Crippen LogP contribution in [0.5, 0.6) is 0 Å². The summed E-state index contributed by atoms with van der Waals surface area (Å²) in [5.74, 6) is -0.195. The molecule has 0 atom stereocenters. The number of likely N-dealkylation sites (tertiary alicyclic amines) is 1. The number of primary amides is 1. The molecule has 8 nitrogen and oxygen atoms in total. The molecule has 152 valence electrons. The number of rotatable bonds is 6. The number of fused-ring (bicyclic) bond motifs is 1. The van der Waals surface area contributed by atoms with Gasteiger partial charge in [-0.05, 0) is 38.7 Å². The molecule has 3 heterocycles. The van der Waals surface area contributed by atoms with Gasteiger partial charge in [-0.1, -0.05) is 13.8 Å². The van der Waals surface area contributed by atoms with E-state index < -0.39 is 0 Å². The lowest BCUT2D eigenvalue weighted by Gasteiger charge is -2.31. The number of carbonyl (C=O) groups is 2. The van der Waals surface area contributed by atoms with E-state index in [1.54, 1.807) is 6.20 Å². The third-order valence-electron chi connectivity index (χ3n) is 5.21. The van der Waals surface area contributed by atoms with E-state index in [1.165, 1.54) is 0 Å². The van der Waals surface area contributed by atoms with E-state index >= 15 is 0 Å². The molecule has 1 fully saturated rings. The van der Waals surface area contributed by atoms with E-state index in [0.717, 1.165) is 42.7 Å². The second kappa shape index (κ2) is 8.26. The van der Waals surface area contributed by atoms with Crippen molar-refractivity contribution in [2.75, 3.05) is 19.6 Å². The molecule has 0 aromatic carbocycles. The Morgan fingerprint density at radius 3 is 2.50 bits per heavy atom. The van der Waals surface area contributed by atoms with E-state index in [1.807, 2.05) is 15.6 Å². The molecule has 1 aliphatic rings. The summed E-state index contributed by atoms with van der Waals surface area (Å²) >= 11 is 0. The maximum Gasteiger partial charge on any atom is 0.252 e. The Kier molecular flexibility index (Phi) is 5.98. The quantitative estimate of drug-likeness (QED) is 0.788. The molecular weight excluding hydrogens is 356 g/mol. The van der Waals surface area contributed by atoms with Crippen LogP contribution >= 0.6 is 0 Å². The highest BCUT2D eigenvalue weighted by Crippen LogP contribution is 2.24. The fourth-order valence-electron chi connectivity index (χ4n) is 3.62. The minimum atomic E-state index is -0.315. The maximum absolute atomic E-state index is 13.1. The second-order valence-corrected chi connectivity index (χ2v) is 8.16. The average molecular weight is 387 g/mol. The standard InChI is InChI=1S/C20H30N6O2/c1-12(2)17-9-15(16-10-22-26(13(3)4)19(16)24-17)20(28)23-14-5-7-25(8-6-14)11-18(21)27/h9-10,12-14H,5-8,11H2,1-4H3,(H2,21,27)(H,23,28). The van der Waals surface area contributed by atoms with E-state index in [4.69, 9.17) is 10.7 Å². The van der Waals surface area contributed by atoms with Gasteiger partial charge < -0.3 is 11.1 Å². The molecule has 0 bridgehead atoms. The van der Waals surface area contributed by atoms with Gasteiger partial charge in [-0.3, -0.25) is 14.5 Å². The molecule has 0 spiro atoms. The van der Waals surface area contributed by atoms with Crippen molar-refractivity contribution in [3.63, 3.8) is 0 Å². The van der Waals surface area contributed by atoms with Crippen LogP contribution in [0, 0.1) is 0 Å². The molecule has 0 saturated carbocycles. The Morgan fingerprint density at radius 2 is 1.93 bits per heavy atom. The van der Waals surface area contributed by atoms with E-state index in [2.05, 4.69) is 38.1 Å². The van der Waals surface area contributed by atoms with E-state index in [9.17, 15) is 9.59 Å². The first-order valence-electron chi connectivity index (χ1n) is 9.96. The fourth-order valence-corrected chi connectivity index (χ4v) is 3.62. The number of nitrogens with one attached hydrogen (secondary N) is 1. The van der Waals surface area contributed by atoms with Crippen LogP contribution < -0.4 is 11.1 Å². The molecule has 1 aliphatic heterocycles. The molecule has 2 aromatic heterocycles. The van der Waals surface area contributed by atoms with Crippen LogP contribution in [0.25, 0.3) is 11.0 Å². The summed E-state index contributed by atoms with van der Waals surface area (Å²) in [6, 6.07) is 2.14. The van der Waals surface area contributed by atoms with Crippen molar-refractivity contribution in [1.82, 2.24) is 25.0 Å². The number of nitrogens with zero attached hydrogens (tertiary/aromatic N) is 4. The maximum atomic E-state index is 13.1. The van der Waals surface area contributed by atoms with Crippen molar-refractivity contribution in [3.05, 3.63) is 23.5 Å². The van der Waals surface area contributed by atoms with Crippen molar-refractivity contribution in [1.29, 1.82) is 0 Å². The number of pyridine rings is 1. The van der Waals surface area contributed by atoms with Crippen molar-refractivity contribution in [3.8, 4) is 0 Å². The Morgan fingerprint density at radius 1 is 1.25 bits per heavy atom. The molecule has 28 heavy (non-hydrogen) atoms. The lowest BCUT2D eigenvalue weighted by atomic mass is 10.0. The molecule has 3 N–H and O–H groups in total. The van der Waals surface area contributed by atoms with Crippen molar-refractivity contribution < 1.29 is 9.59 Å². The Labute approximate surface area is 165 Å². The highest BCUT2D eigenvalue weighted by Gasteiger charge is 2.24. The first kappa shape index (κ1) is 20.3. The predicted molar refractivity (Wildman–Crippen MR) is 108 cm³/mol. The van der Waals surface area contributed by atoms with Gasteiger partial charge in [0.2, 0.25) is 5.91 Å². The first-order chi connectivity index (χ1) is 13.3. The van der Waals surface area contributed by atoms with Gasteiger partial charge >= 0.3 is 0 Å². The van der Waals surface area contributed by atoms with E-state index in [-0.39, 0.29) is 36.4 Å². The Balaban J connectivity index is 1.81. The number of aromatic nitrogens is 3. The van der Waals surface area contributed by atoms with Gasteiger partial charge in [0.15, 0.2) is 5.65 Å². The summed E-state index contributed by atoms with van der Waals surface area (Å²) in [7, 11) is 0. The second-order valence-electron chi connectivity index (χ2n) is 8.16. The number of nitrogens with two attached hydrogens (primary N) is 1. The minimum Gasteiger partial charge on any atom is -0.369 e. The van der Waals surface area contributed by atoms with Crippen LogP contribution in [-0.2, 0) is 4.79 Å². The van der Waals surface area contributed by atoms with Gasteiger partial charge in [0.1, 0.15) is 0 Å². The lowest BCUT2D eigenvalue weighted by molar-refractivity contribution is -0.119. The van der Waals surface area contributed by atoms with Gasteiger partial charge in [-0.15, -0.1) is 0 Å². The summed E-state index contributed by atoms with van der Waals surface area (Å²) in [5, 5.41) is 8.38. The zero-order chi connectivity index (χ0) is 20.4. The Hall–Kier alpha value is -2.48. The molecule has 0 radical (unpaired) electrons. The molecule has 2 amide bonds. The van der Waals surface area contributed by atoms with Crippen LogP contribution in [0.15, 0.2) is 12.3 Å². The highest BCUT2D eigenvalue weighted by molar-refractivity contribution is 6.05. The topological polar surface area (TPSA) is 106 Å². The summed E-state index contributed by atoms with van der Waals surface area (Å²) in [4.78, 5) is 30.9. The van der Waals surface area contributed by atoms with Gasteiger partial charge in [-0.25, -0.2) is 9.67 Å². The SMILES string of the molecule is CC(C)c1cc(C(=O)NC2CCN(CC(N)=O)CC2)c2cnn(C(C)C)c2n1. The zero-order valence-electron chi connectivity index (χ0n) is 17.1. The summed E-state index contributed by atoms with van der Waals surface area (Å²) < 4.78 is 1.86. The summed E-state index contributed by atoms with van der Waals surface area (Å²) in [6.45, 7) is 10.0. The first-order valence-corrected chi connectivity index (χ1v) is 9.96. The van der Waals surface area contributed by atoms with Crippen LogP contribution in [0.1, 0.15) is 68.5 Å². The number of piperidine rings is 1. The number of carbonyl (C=O) groups excluding carboxylic acids is 2. The smallest absolute Gasteiger partial charge is 0.252 e. The highest BCUT2D eigenvalue weighted by atomic mass is 16.2. The van der Waals surface area contributed by atoms with Crippen LogP contribution in [0.2, 0.25) is 0 Å². The zero-order valence-corrected chi connectivity index (χ0v) is 17.1. The molecule has 2 aromatic rings. The van der Waals surface area contributed by atoms with Crippen LogP contribution in [0.3, 0.4) is 0 Å². The third-order valence-corrected chi connectivity index (χ3v) is 5.21.